The van der Waals surface area contributed by atoms with Crippen molar-refractivity contribution in [3.63, 3.8) is 0 Å². The molecule has 0 atom stereocenters. The maximum absolute atomic E-state index is 11.9. The van der Waals surface area contributed by atoms with E-state index in [9.17, 15) is 8.42 Å². The lowest BCUT2D eigenvalue weighted by molar-refractivity contribution is 0.578. The molecule has 0 spiro atoms. The Hall–Kier alpha value is -2.00. The number of aryl methyl sites for hydroxylation is 1. The second-order valence-electron chi connectivity index (χ2n) is 3.58. The van der Waals surface area contributed by atoms with Crippen LogP contribution >= 0.6 is 0 Å². The lowest BCUT2D eigenvalue weighted by Gasteiger charge is -2.04. The molecule has 0 aromatic carbocycles. The Morgan fingerprint density at radius 2 is 2.22 bits per heavy atom. The maximum Gasteiger partial charge on any atom is 0.241 e. The fourth-order valence-corrected chi connectivity index (χ4v) is 2.30. The van der Waals surface area contributed by atoms with E-state index in [4.69, 9.17) is 5.73 Å². The first-order valence-electron chi connectivity index (χ1n) is 5.03. The minimum atomic E-state index is -3.63. The molecule has 0 aliphatic rings. The third kappa shape index (κ3) is 2.81. The molecule has 0 bridgehead atoms. The summed E-state index contributed by atoms with van der Waals surface area (Å²) in [5.41, 5.74) is 5.43. The van der Waals surface area contributed by atoms with Crippen LogP contribution in [0.5, 0.6) is 0 Å². The summed E-state index contributed by atoms with van der Waals surface area (Å²) in [5, 5.41) is 3.97. The number of pyridine rings is 1. The largest absolute Gasteiger partial charge is 0.384 e. The SMILES string of the molecule is Cn1cnc(CNS(=O)(=O)c2ccnc(N)c2)n1. The highest BCUT2D eigenvalue weighted by Crippen LogP contribution is 2.10. The molecule has 2 aromatic rings. The van der Waals surface area contributed by atoms with Crippen LogP contribution in [0.15, 0.2) is 29.6 Å². The van der Waals surface area contributed by atoms with Gasteiger partial charge in [-0.25, -0.2) is 23.1 Å². The van der Waals surface area contributed by atoms with Gasteiger partial charge in [0.05, 0.1) is 11.4 Å². The Balaban J connectivity index is 2.13. The van der Waals surface area contributed by atoms with Crippen LogP contribution in [0.4, 0.5) is 5.82 Å². The van der Waals surface area contributed by atoms with Gasteiger partial charge < -0.3 is 5.73 Å². The molecule has 2 heterocycles. The van der Waals surface area contributed by atoms with Gasteiger partial charge in [0.25, 0.3) is 0 Å². The summed E-state index contributed by atoms with van der Waals surface area (Å²) in [5.74, 6) is 0.539. The van der Waals surface area contributed by atoms with Crippen LogP contribution < -0.4 is 10.5 Å². The van der Waals surface area contributed by atoms with Crippen molar-refractivity contribution in [3.8, 4) is 0 Å². The fourth-order valence-electron chi connectivity index (χ4n) is 1.30. The summed E-state index contributed by atoms with van der Waals surface area (Å²) in [4.78, 5) is 7.71. The average molecular weight is 268 g/mol. The number of nitrogen functional groups attached to an aromatic ring is 1. The molecular weight excluding hydrogens is 256 g/mol. The predicted molar refractivity (Wildman–Crippen MR) is 63.7 cm³/mol. The van der Waals surface area contributed by atoms with Gasteiger partial charge in [-0.3, -0.25) is 4.68 Å². The lowest BCUT2D eigenvalue weighted by atomic mass is 10.5. The molecular formula is C9H12N6O2S. The molecule has 0 aliphatic heterocycles. The number of aromatic nitrogens is 4. The number of rotatable bonds is 4. The van der Waals surface area contributed by atoms with Gasteiger partial charge in [0.2, 0.25) is 10.0 Å². The minimum absolute atomic E-state index is 0.0192. The van der Waals surface area contributed by atoms with E-state index in [0.717, 1.165) is 0 Å². The molecule has 96 valence electrons. The zero-order chi connectivity index (χ0) is 13.2. The average Bonchev–Trinajstić information content (AvgIpc) is 2.73. The van der Waals surface area contributed by atoms with Crippen LogP contribution in [-0.4, -0.2) is 28.2 Å². The second-order valence-corrected chi connectivity index (χ2v) is 5.34. The van der Waals surface area contributed by atoms with Gasteiger partial charge in [-0.1, -0.05) is 0 Å². The van der Waals surface area contributed by atoms with E-state index in [1.54, 1.807) is 7.05 Å². The summed E-state index contributed by atoms with van der Waals surface area (Å²) >= 11 is 0. The van der Waals surface area contributed by atoms with E-state index in [1.807, 2.05) is 0 Å². The number of hydrogen-bond acceptors (Lipinski definition) is 6. The number of sulfonamides is 1. The van der Waals surface area contributed by atoms with Crippen LogP contribution in [0.3, 0.4) is 0 Å². The van der Waals surface area contributed by atoms with Crippen molar-refractivity contribution in [3.05, 3.63) is 30.5 Å². The van der Waals surface area contributed by atoms with Crippen LogP contribution in [-0.2, 0) is 23.6 Å². The number of anilines is 1. The lowest BCUT2D eigenvalue weighted by Crippen LogP contribution is -2.24. The topological polar surface area (TPSA) is 116 Å². The molecule has 3 N–H and O–H groups in total. The normalized spacial score (nSPS) is 11.6. The van der Waals surface area contributed by atoms with Gasteiger partial charge in [0, 0.05) is 19.3 Å². The molecule has 0 amide bonds. The Morgan fingerprint density at radius 3 is 2.83 bits per heavy atom. The summed E-state index contributed by atoms with van der Waals surface area (Å²) in [6, 6.07) is 2.65. The Bertz CT molecular complexity index is 651. The second kappa shape index (κ2) is 4.70. The highest BCUT2D eigenvalue weighted by Gasteiger charge is 2.15. The summed E-state index contributed by atoms with van der Waals surface area (Å²) < 4.78 is 27.7. The highest BCUT2D eigenvalue weighted by atomic mass is 32.2. The Morgan fingerprint density at radius 1 is 1.44 bits per heavy atom. The molecule has 0 saturated heterocycles. The number of nitrogens with two attached hydrogens (primary N) is 1. The van der Waals surface area contributed by atoms with E-state index in [1.165, 1.54) is 29.3 Å². The maximum atomic E-state index is 11.9. The molecule has 0 unspecified atom stereocenters. The van der Waals surface area contributed by atoms with Crippen molar-refractivity contribution >= 4 is 15.8 Å². The molecule has 0 saturated carbocycles. The van der Waals surface area contributed by atoms with Crippen LogP contribution in [0.25, 0.3) is 0 Å². The van der Waals surface area contributed by atoms with Gasteiger partial charge >= 0.3 is 0 Å². The minimum Gasteiger partial charge on any atom is -0.384 e. The van der Waals surface area contributed by atoms with E-state index in [2.05, 4.69) is 19.8 Å². The third-order valence-corrected chi connectivity index (χ3v) is 3.53. The van der Waals surface area contributed by atoms with E-state index in [0.29, 0.717) is 5.82 Å². The summed E-state index contributed by atoms with van der Waals surface area (Å²) in [6.07, 6.45) is 2.83. The highest BCUT2D eigenvalue weighted by molar-refractivity contribution is 7.89. The molecule has 2 aromatic heterocycles. The monoisotopic (exact) mass is 268 g/mol. The molecule has 0 aliphatic carbocycles. The zero-order valence-electron chi connectivity index (χ0n) is 9.61. The van der Waals surface area contributed by atoms with Crippen molar-refractivity contribution in [2.45, 2.75) is 11.4 Å². The standard InChI is InChI=1S/C9H12N6O2S/c1-15-6-12-9(14-15)5-13-18(16,17)7-2-3-11-8(10)4-7/h2-4,6,13H,5H2,1H3,(H2,10,11). The molecule has 2 rings (SSSR count). The van der Waals surface area contributed by atoms with Gasteiger partial charge in [-0.2, -0.15) is 5.10 Å². The molecule has 9 heteroatoms. The van der Waals surface area contributed by atoms with Crippen molar-refractivity contribution in [2.24, 2.45) is 7.05 Å². The third-order valence-electron chi connectivity index (χ3n) is 2.13. The van der Waals surface area contributed by atoms with Crippen LogP contribution in [0.1, 0.15) is 5.82 Å². The first-order valence-corrected chi connectivity index (χ1v) is 6.51. The molecule has 0 fully saturated rings. The summed E-state index contributed by atoms with van der Waals surface area (Å²) in [7, 11) is -1.93. The van der Waals surface area contributed by atoms with Gasteiger partial charge in [0.1, 0.15) is 12.1 Å². The first kappa shape index (κ1) is 12.5. The van der Waals surface area contributed by atoms with E-state index in [-0.39, 0.29) is 17.3 Å². The Kier molecular flexibility index (Phi) is 3.26. The molecule has 0 radical (unpaired) electrons. The Labute approximate surface area is 104 Å². The fraction of sp³-hybridized carbons (Fsp3) is 0.222. The molecule has 18 heavy (non-hydrogen) atoms. The van der Waals surface area contributed by atoms with Crippen LogP contribution in [0.2, 0.25) is 0 Å². The first-order chi connectivity index (χ1) is 8.47. The number of nitrogens with one attached hydrogen (secondary N) is 1. The van der Waals surface area contributed by atoms with Crippen molar-refractivity contribution in [1.82, 2.24) is 24.5 Å². The van der Waals surface area contributed by atoms with Crippen molar-refractivity contribution < 1.29 is 8.42 Å². The van der Waals surface area contributed by atoms with Crippen LogP contribution in [0, 0.1) is 0 Å². The van der Waals surface area contributed by atoms with Gasteiger partial charge in [0.15, 0.2) is 5.82 Å². The smallest absolute Gasteiger partial charge is 0.241 e. The van der Waals surface area contributed by atoms with Gasteiger partial charge in [-0.05, 0) is 6.07 Å². The van der Waals surface area contributed by atoms with Gasteiger partial charge in [-0.15, -0.1) is 0 Å². The molecule has 8 nitrogen and oxygen atoms in total. The predicted octanol–water partition coefficient (Wildman–Crippen LogP) is -0.729. The van der Waals surface area contributed by atoms with Crippen molar-refractivity contribution in [1.29, 1.82) is 0 Å². The zero-order valence-corrected chi connectivity index (χ0v) is 10.4. The quantitative estimate of drug-likeness (QED) is 0.755. The van der Waals surface area contributed by atoms with Crippen molar-refractivity contribution in [2.75, 3.05) is 5.73 Å². The van der Waals surface area contributed by atoms with E-state index < -0.39 is 10.0 Å². The number of nitrogens with zero attached hydrogens (tertiary/aromatic N) is 4. The van der Waals surface area contributed by atoms with E-state index >= 15 is 0 Å². The summed E-state index contributed by atoms with van der Waals surface area (Å²) in [6.45, 7) is 0.0192. The number of hydrogen-bond donors (Lipinski definition) is 2.